The molecular formula is C8H12N2O3. The van der Waals surface area contributed by atoms with Gasteiger partial charge in [0.25, 0.3) is 0 Å². The number of carbonyl (C=O) groups excluding carboxylic acids is 1. The largest absolute Gasteiger partial charge is 0.412 e. The van der Waals surface area contributed by atoms with Crippen molar-refractivity contribution < 1.29 is 15.5 Å². The van der Waals surface area contributed by atoms with E-state index in [1.165, 1.54) is 0 Å². The summed E-state index contributed by atoms with van der Waals surface area (Å²) >= 11 is 0. The second-order valence-electron chi connectivity index (χ2n) is 2.25. The van der Waals surface area contributed by atoms with Gasteiger partial charge in [0.05, 0.1) is 0 Å². The highest BCUT2D eigenvalue weighted by Crippen LogP contribution is 2.03. The summed E-state index contributed by atoms with van der Waals surface area (Å²) in [7, 11) is 0. The van der Waals surface area contributed by atoms with Gasteiger partial charge in [-0.3, -0.25) is 4.79 Å². The molecule has 0 saturated heterocycles. The van der Waals surface area contributed by atoms with Crippen LogP contribution in [0.15, 0.2) is 30.3 Å². The minimum absolute atomic E-state index is 0. The predicted molar refractivity (Wildman–Crippen MR) is 48.5 cm³/mol. The molecule has 13 heavy (non-hydrogen) atoms. The minimum Gasteiger partial charge on any atom is -0.412 e. The van der Waals surface area contributed by atoms with Gasteiger partial charge in [0.2, 0.25) is 5.91 Å². The summed E-state index contributed by atoms with van der Waals surface area (Å²) in [4.78, 5) is 10.9. The summed E-state index contributed by atoms with van der Waals surface area (Å²) < 4.78 is 0. The van der Waals surface area contributed by atoms with Crippen LogP contribution in [0.1, 0.15) is 0 Å². The van der Waals surface area contributed by atoms with Crippen molar-refractivity contribution in [2.24, 2.45) is 0 Å². The zero-order valence-corrected chi connectivity index (χ0v) is 6.95. The van der Waals surface area contributed by atoms with Crippen molar-refractivity contribution in [3.63, 3.8) is 0 Å². The van der Waals surface area contributed by atoms with Gasteiger partial charge >= 0.3 is 0 Å². The lowest BCUT2D eigenvalue weighted by molar-refractivity contribution is -0.116. The fourth-order valence-corrected chi connectivity index (χ4v) is 0.798. The molecule has 0 spiro atoms. The average Bonchev–Trinajstić information content (AvgIpc) is 2.06. The number of anilines is 1. The maximum atomic E-state index is 10.9. The molecule has 0 unspecified atom stereocenters. The molecular weight excluding hydrogens is 172 g/mol. The Balaban J connectivity index is 0.00000144. The molecule has 0 atom stereocenters. The average molecular weight is 184 g/mol. The lowest BCUT2D eigenvalue weighted by Gasteiger charge is -2.02. The van der Waals surface area contributed by atoms with E-state index in [-0.39, 0.29) is 17.9 Å². The Kier molecular flexibility index (Phi) is 5.45. The number of hydroxylamine groups is 1. The van der Waals surface area contributed by atoms with Gasteiger partial charge in [0, 0.05) is 5.69 Å². The predicted octanol–water partition coefficient (Wildman–Crippen LogP) is -0.221. The van der Waals surface area contributed by atoms with Crippen LogP contribution in [0.5, 0.6) is 0 Å². The molecule has 5 heteroatoms. The van der Waals surface area contributed by atoms with Crippen molar-refractivity contribution in [1.29, 1.82) is 0 Å². The van der Waals surface area contributed by atoms with Gasteiger partial charge in [-0.15, -0.1) is 0 Å². The fraction of sp³-hybridized carbons (Fsp3) is 0.125. The molecule has 1 amide bonds. The van der Waals surface area contributed by atoms with Crippen LogP contribution >= 0.6 is 0 Å². The molecule has 72 valence electrons. The summed E-state index contributed by atoms with van der Waals surface area (Å²) in [6, 6.07) is 9.05. The fourth-order valence-electron chi connectivity index (χ4n) is 0.798. The van der Waals surface area contributed by atoms with E-state index in [0.29, 0.717) is 0 Å². The molecule has 5 nitrogen and oxygen atoms in total. The second-order valence-corrected chi connectivity index (χ2v) is 2.25. The van der Waals surface area contributed by atoms with E-state index in [2.05, 4.69) is 5.32 Å². The van der Waals surface area contributed by atoms with Crippen molar-refractivity contribution in [2.45, 2.75) is 0 Å². The molecule has 0 aromatic heterocycles. The Morgan fingerprint density at radius 2 is 1.92 bits per heavy atom. The first-order valence-electron chi connectivity index (χ1n) is 3.55. The molecule has 0 saturated carbocycles. The number of hydrogen-bond donors (Lipinski definition) is 3. The van der Waals surface area contributed by atoms with E-state index in [4.69, 9.17) is 5.21 Å². The molecule has 0 fully saturated rings. The summed E-state index contributed by atoms with van der Waals surface area (Å²) in [5, 5.41) is 10.8. The highest BCUT2D eigenvalue weighted by Gasteiger charge is 1.98. The number of benzene rings is 1. The summed E-state index contributed by atoms with van der Waals surface area (Å²) in [5.74, 6) is -0.274. The number of para-hydroxylation sites is 1. The maximum absolute atomic E-state index is 10.9. The van der Waals surface area contributed by atoms with Gasteiger partial charge in [-0.2, -0.15) is 5.48 Å². The Bertz CT molecular complexity index is 251. The molecule has 1 aromatic rings. The van der Waals surface area contributed by atoms with E-state index < -0.39 is 0 Å². The van der Waals surface area contributed by atoms with E-state index in [0.717, 1.165) is 5.69 Å². The van der Waals surface area contributed by atoms with Crippen molar-refractivity contribution in [3.05, 3.63) is 30.3 Å². The molecule has 0 radical (unpaired) electrons. The highest BCUT2D eigenvalue weighted by atomic mass is 16.5. The van der Waals surface area contributed by atoms with Crippen LogP contribution in [0, 0.1) is 0 Å². The van der Waals surface area contributed by atoms with Crippen LogP contribution in [0.2, 0.25) is 0 Å². The summed E-state index contributed by atoms with van der Waals surface area (Å²) in [6.45, 7) is -0.102. The molecule has 1 rings (SSSR count). The van der Waals surface area contributed by atoms with Crippen LogP contribution in [-0.4, -0.2) is 23.1 Å². The van der Waals surface area contributed by atoms with Crippen LogP contribution < -0.4 is 10.8 Å². The van der Waals surface area contributed by atoms with Crippen LogP contribution in [0.25, 0.3) is 0 Å². The Morgan fingerprint density at radius 1 is 1.31 bits per heavy atom. The summed E-state index contributed by atoms with van der Waals surface area (Å²) in [6.07, 6.45) is 0. The van der Waals surface area contributed by atoms with Crippen molar-refractivity contribution in [1.82, 2.24) is 5.48 Å². The van der Waals surface area contributed by atoms with Gasteiger partial charge in [0.1, 0.15) is 6.54 Å². The van der Waals surface area contributed by atoms with Gasteiger partial charge in [0.15, 0.2) is 0 Å². The number of amides is 1. The topological polar surface area (TPSA) is 92.9 Å². The number of hydrogen-bond acceptors (Lipinski definition) is 3. The molecule has 5 N–H and O–H groups in total. The molecule has 0 aliphatic carbocycles. The van der Waals surface area contributed by atoms with Gasteiger partial charge in [-0.25, -0.2) is 0 Å². The Hall–Kier alpha value is -1.43. The highest BCUT2D eigenvalue weighted by molar-refractivity contribution is 5.92. The van der Waals surface area contributed by atoms with Crippen LogP contribution in [0.4, 0.5) is 5.69 Å². The third kappa shape index (κ3) is 4.22. The van der Waals surface area contributed by atoms with Gasteiger partial charge in [-0.1, -0.05) is 18.2 Å². The van der Waals surface area contributed by atoms with Crippen molar-refractivity contribution in [3.8, 4) is 0 Å². The van der Waals surface area contributed by atoms with E-state index >= 15 is 0 Å². The first-order chi connectivity index (χ1) is 5.83. The lowest BCUT2D eigenvalue weighted by atomic mass is 10.3. The third-order valence-corrected chi connectivity index (χ3v) is 1.30. The number of carbonyl (C=O) groups is 1. The van der Waals surface area contributed by atoms with E-state index in [9.17, 15) is 4.79 Å². The normalized spacial score (nSPS) is 8.69. The monoisotopic (exact) mass is 184 g/mol. The molecule has 0 aliphatic rings. The van der Waals surface area contributed by atoms with Crippen molar-refractivity contribution >= 4 is 11.6 Å². The zero-order chi connectivity index (χ0) is 8.81. The number of nitrogens with one attached hydrogen (secondary N) is 2. The van der Waals surface area contributed by atoms with Gasteiger partial charge in [-0.05, 0) is 12.1 Å². The standard InChI is InChI=1S/C8H10N2O2.H2O/c11-8(6-9-12)10-7-4-2-1-3-5-7;/h1-5,9,12H,6H2,(H,10,11);1H2. The SMILES string of the molecule is O.O=C(CNO)Nc1ccccc1. The molecule has 0 heterocycles. The Morgan fingerprint density at radius 3 is 2.46 bits per heavy atom. The number of rotatable bonds is 3. The smallest absolute Gasteiger partial charge is 0.240 e. The molecule has 0 bridgehead atoms. The first kappa shape index (κ1) is 11.6. The Labute approximate surface area is 75.7 Å². The quantitative estimate of drug-likeness (QED) is 0.567. The minimum atomic E-state index is -0.274. The van der Waals surface area contributed by atoms with E-state index in [1.807, 2.05) is 18.2 Å². The molecule has 0 aliphatic heterocycles. The second kappa shape index (κ2) is 6.13. The van der Waals surface area contributed by atoms with Crippen molar-refractivity contribution in [2.75, 3.05) is 11.9 Å². The zero-order valence-electron chi connectivity index (χ0n) is 6.95. The summed E-state index contributed by atoms with van der Waals surface area (Å²) in [5.41, 5.74) is 2.50. The molecule has 1 aromatic carbocycles. The lowest BCUT2D eigenvalue weighted by Crippen LogP contribution is -2.25. The maximum Gasteiger partial charge on any atom is 0.240 e. The van der Waals surface area contributed by atoms with Gasteiger partial charge < -0.3 is 16.0 Å². The van der Waals surface area contributed by atoms with Crippen LogP contribution in [-0.2, 0) is 4.79 Å². The van der Waals surface area contributed by atoms with E-state index in [1.54, 1.807) is 17.6 Å². The third-order valence-electron chi connectivity index (χ3n) is 1.30. The van der Waals surface area contributed by atoms with Crippen LogP contribution in [0.3, 0.4) is 0 Å². The first-order valence-corrected chi connectivity index (χ1v) is 3.55.